The van der Waals surface area contributed by atoms with Crippen LogP contribution >= 0.6 is 0 Å². The largest absolute Gasteiger partial charge is 0.485 e. The SMILES string of the molecule is O=[N+]([O-])c1cnn(CCOc2ccccc2[N+](=O)[O-])c1. The fourth-order valence-electron chi connectivity index (χ4n) is 1.55. The minimum atomic E-state index is -0.549. The molecule has 1 aromatic carbocycles. The van der Waals surface area contributed by atoms with E-state index in [2.05, 4.69) is 5.10 Å². The molecule has 20 heavy (non-hydrogen) atoms. The van der Waals surface area contributed by atoms with E-state index < -0.39 is 9.85 Å². The van der Waals surface area contributed by atoms with Crippen molar-refractivity contribution in [2.45, 2.75) is 6.54 Å². The molecule has 0 atom stereocenters. The second-order valence-electron chi connectivity index (χ2n) is 3.79. The topological polar surface area (TPSA) is 113 Å². The summed E-state index contributed by atoms with van der Waals surface area (Å²) in [4.78, 5) is 20.2. The second kappa shape index (κ2) is 5.78. The van der Waals surface area contributed by atoms with E-state index in [1.54, 1.807) is 12.1 Å². The Morgan fingerprint density at radius 1 is 1.20 bits per heavy atom. The van der Waals surface area contributed by atoms with E-state index in [-0.39, 0.29) is 30.3 Å². The van der Waals surface area contributed by atoms with Gasteiger partial charge in [-0.2, -0.15) is 5.10 Å². The standard InChI is InChI=1S/C11H10N4O5/c16-14(17)9-7-12-13(8-9)5-6-20-11-4-2-1-3-10(11)15(18)19/h1-4,7-8H,5-6H2. The molecule has 9 heteroatoms. The lowest BCUT2D eigenvalue weighted by atomic mass is 10.3. The molecular formula is C11H10N4O5. The van der Waals surface area contributed by atoms with Gasteiger partial charge < -0.3 is 4.74 Å². The highest BCUT2D eigenvalue weighted by atomic mass is 16.6. The average Bonchev–Trinajstić information content (AvgIpc) is 2.88. The van der Waals surface area contributed by atoms with Gasteiger partial charge in [-0.25, -0.2) is 0 Å². The molecule has 2 rings (SSSR count). The fourth-order valence-corrected chi connectivity index (χ4v) is 1.55. The molecule has 0 bridgehead atoms. The van der Waals surface area contributed by atoms with Crippen LogP contribution in [0.15, 0.2) is 36.7 Å². The third-order valence-corrected chi connectivity index (χ3v) is 2.47. The lowest BCUT2D eigenvalue weighted by molar-refractivity contribution is -0.385. The summed E-state index contributed by atoms with van der Waals surface area (Å²) in [6.45, 7) is 0.365. The highest BCUT2D eigenvalue weighted by molar-refractivity contribution is 5.45. The molecule has 0 saturated heterocycles. The van der Waals surface area contributed by atoms with Gasteiger partial charge >= 0.3 is 11.4 Å². The first-order valence-corrected chi connectivity index (χ1v) is 5.61. The van der Waals surface area contributed by atoms with Gasteiger partial charge in [-0.1, -0.05) is 12.1 Å². The Morgan fingerprint density at radius 2 is 1.95 bits per heavy atom. The highest BCUT2D eigenvalue weighted by Gasteiger charge is 2.14. The molecule has 2 aromatic rings. The van der Waals surface area contributed by atoms with Crippen LogP contribution in [0.1, 0.15) is 0 Å². The van der Waals surface area contributed by atoms with Gasteiger partial charge in [0.1, 0.15) is 19.0 Å². The van der Waals surface area contributed by atoms with Gasteiger partial charge in [-0.3, -0.25) is 24.9 Å². The molecule has 0 aliphatic rings. The maximum Gasteiger partial charge on any atom is 0.310 e. The Morgan fingerprint density at radius 3 is 2.60 bits per heavy atom. The maximum absolute atomic E-state index is 10.8. The van der Waals surface area contributed by atoms with Crippen molar-refractivity contribution in [3.05, 3.63) is 56.9 Å². The summed E-state index contributed by atoms with van der Waals surface area (Å²) in [6.07, 6.45) is 2.40. The van der Waals surface area contributed by atoms with E-state index in [0.29, 0.717) is 0 Å². The van der Waals surface area contributed by atoms with E-state index >= 15 is 0 Å². The number of nitro groups is 2. The molecule has 0 saturated carbocycles. The van der Waals surface area contributed by atoms with E-state index in [4.69, 9.17) is 4.74 Å². The molecule has 104 valence electrons. The monoisotopic (exact) mass is 278 g/mol. The van der Waals surface area contributed by atoms with Gasteiger partial charge in [0.05, 0.1) is 16.4 Å². The van der Waals surface area contributed by atoms with Crippen LogP contribution in [-0.4, -0.2) is 26.2 Å². The Kier molecular flexibility index (Phi) is 3.89. The number of para-hydroxylation sites is 2. The van der Waals surface area contributed by atoms with Crippen LogP contribution < -0.4 is 4.74 Å². The summed E-state index contributed by atoms with van der Waals surface area (Å²) in [7, 11) is 0. The molecule has 0 radical (unpaired) electrons. The molecule has 1 aromatic heterocycles. The first-order valence-electron chi connectivity index (χ1n) is 5.61. The summed E-state index contributed by atoms with van der Waals surface area (Å²) >= 11 is 0. The van der Waals surface area contributed by atoms with Crippen molar-refractivity contribution >= 4 is 11.4 Å². The first kappa shape index (κ1) is 13.5. The number of benzene rings is 1. The maximum atomic E-state index is 10.8. The Labute approximate surface area is 112 Å². The zero-order valence-corrected chi connectivity index (χ0v) is 10.2. The van der Waals surface area contributed by atoms with Gasteiger partial charge in [-0.15, -0.1) is 0 Å². The fraction of sp³-hybridized carbons (Fsp3) is 0.182. The molecule has 0 spiro atoms. The smallest absolute Gasteiger partial charge is 0.310 e. The third kappa shape index (κ3) is 3.07. The number of rotatable bonds is 6. The van der Waals surface area contributed by atoms with Crippen molar-refractivity contribution in [2.75, 3.05) is 6.61 Å². The molecule has 0 unspecified atom stereocenters. The minimum absolute atomic E-state index is 0.115. The lowest BCUT2D eigenvalue weighted by Crippen LogP contribution is -2.09. The predicted molar refractivity (Wildman–Crippen MR) is 67.5 cm³/mol. The average molecular weight is 278 g/mol. The van der Waals surface area contributed by atoms with Crippen molar-refractivity contribution in [1.82, 2.24) is 9.78 Å². The van der Waals surface area contributed by atoms with Gasteiger partial charge in [0, 0.05) is 6.07 Å². The molecule has 1 heterocycles. The van der Waals surface area contributed by atoms with Crippen LogP contribution in [0, 0.1) is 20.2 Å². The van der Waals surface area contributed by atoms with Crippen LogP contribution in [0.2, 0.25) is 0 Å². The number of ether oxygens (including phenoxy) is 1. The van der Waals surface area contributed by atoms with Crippen molar-refractivity contribution in [1.29, 1.82) is 0 Å². The Balaban J connectivity index is 1.96. The molecular weight excluding hydrogens is 268 g/mol. The Bertz CT molecular complexity index is 639. The minimum Gasteiger partial charge on any atom is -0.485 e. The number of hydrogen-bond acceptors (Lipinski definition) is 6. The number of nitrogens with zero attached hydrogens (tertiary/aromatic N) is 4. The number of hydrogen-bond donors (Lipinski definition) is 0. The zero-order valence-electron chi connectivity index (χ0n) is 10.2. The van der Waals surface area contributed by atoms with Gasteiger partial charge in [0.25, 0.3) is 0 Å². The summed E-state index contributed by atoms with van der Waals surface area (Å²) in [5, 5.41) is 25.0. The first-order chi connectivity index (χ1) is 9.58. The highest BCUT2D eigenvalue weighted by Crippen LogP contribution is 2.25. The van der Waals surface area contributed by atoms with Crippen LogP contribution in [0.25, 0.3) is 0 Å². The predicted octanol–water partition coefficient (Wildman–Crippen LogP) is 1.78. The second-order valence-corrected chi connectivity index (χ2v) is 3.79. The number of aromatic nitrogens is 2. The van der Waals surface area contributed by atoms with Crippen LogP contribution in [0.4, 0.5) is 11.4 Å². The lowest BCUT2D eigenvalue weighted by Gasteiger charge is -2.06. The van der Waals surface area contributed by atoms with E-state index in [0.717, 1.165) is 6.20 Å². The Hall–Kier alpha value is -2.97. The van der Waals surface area contributed by atoms with Crippen molar-refractivity contribution in [3.63, 3.8) is 0 Å². The van der Waals surface area contributed by atoms with Crippen molar-refractivity contribution in [2.24, 2.45) is 0 Å². The van der Waals surface area contributed by atoms with E-state index in [1.165, 1.54) is 23.0 Å². The van der Waals surface area contributed by atoms with Gasteiger partial charge in [0.15, 0.2) is 5.75 Å². The van der Waals surface area contributed by atoms with Crippen molar-refractivity contribution in [3.8, 4) is 5.75 Å². The van der Waals surface area contributed by atoms with Gasteiger partial charge in [-0.05, 0) is 6.07 Å². The molecule has 0 fully saturated rings. The zero-order chi connectivity index (χ0) is 14.5. The molecule has 0 amide bonds. The summed E-state index contributed by atoms with van der Waals surface area (Å²) in [5.41, 5.74) is -0.241. The van der Waals surface area contributed by atoms with Crippen LogP contribution in [0.3, 0.4) is 0 Å². The molecule has 9 nitrogen and oxygen atoms in total. The van der Waals surface area contributed by atoms with Crippen molar-refractivity contribution < 1.29 is 14.6 Å². The number of nitro benzene ring substituents is 1. The summed E-state index contributed by atoms with van der Waals surface area (Å²) < 4.78 is 6.64. The van der Waals surface area contributed by atoms with E-state index in [1.807, 2.05) is 0 Å². The summed E-state index contributed by atoms with van der Waals surface area (Å²) in [5.74, 6) is 0.152. The molecule has 0 N–H and O–H groups in total. The summed E-state index contributed by atoms with van der Waals surface area (Å²) in [6, 6.07) is 6.00. The molecule has 0 aliphatic carbocycles. The normalized spacial score (nSPS) is 10.2. The molecule has 0 aliphatic heterocycles. The van der Waals surface area contributed by atoms with Crippen LogP contribution in [-0.2, 0) is 6.54 Å². The van der Waals surface area contributed by atoms with Crippen LogP contribution in [0.5, 0.6) is 5.75 Å². The third-order valence-electron chi connectivity index (χ3n) is 2.47. The van der Waals surface area contributed by atoms with Gasteiger partial charge in [0.2, 0.25) is 0 Å². The van der Waals surface area contributed by atoms with E-state index in [9.17, 15) is 20.2 Å². The quantitative estimate of drug-likeness (QED) is 0.587.